The van der Waals surface area contributed by atoms with Crippen LogP contribution in [0.2, 0.25) is 0 Å². The Morgan fingerprint density at radius 1 is 1.32 bits per heavy atom. The number of phenolic OH excluding ortho intramolecular Hbond substituents is 1. The molecule has 1 fully saturated rings. The van der Waals surface area contributed by atoms with Crippen molar-refractivity contribution in [1.82, 2.24) is 5.32 Å². The van der Waals surface area contributed by atoms with Crippen molar-refractivity contribution in [3.63, 3.8) is 0 Å². The molecule has 0 heterocycles. The number of aliphatic carboxylic acids is 1. The molecule has 3 N–H and O–H groups in total. The number of carboxylic acids is 1. The lowest BCUT2D eigenvalue weighted by Crippen LogP contribution is -2.47. The molecule has 0 bridgehead atoms. The Morgan fingerprint density at radius 2 is 1.95 bits per heavy atom. The second-order valence-electron chi connectivity index (χ2n) is 5.19. The lowest BCUT2D eigenvalue weighted by atomic mass is 9.85. The number of aromatic hydroxyl groups is 1. The van der Waals surface area contributed by atoms with Gasteiger partial charge in [0.15, 0.2) is 0 Å². The molecule has 19 heavy (non-hydrogen) atoms. The molecule has 2 atom stereocenters. The van der Waals surface area contributed by atoms with Crippen molar-refractivity contribution in [2.24, 2.45) is 5.41 Å². The molecule has 1 saturated carbocycles. The number of rotatable bonds is 3. The summed E-state index contributed by atoms with van der Waals surface area (Å²) in [4.78, 5) is 23.3. The number of phenols is 1. The Kier molecular flexibility index (Phi) is 3.46. The summed E-state index contributed by atoms with van der Waals surface area (Å²) in [6.45, 7) is 1.67. The maximum Gasteiger partial charge on any atom is 0.311 e. The molecule has 1 aliphatic carbocycles. The summed E-state index contributed by atoms with van der Waals surface area (Å²) < 4.78 is 0. The highest BCUT2D eigenvalue weighted by Gasteiger charge is 2.45. The quantitative estimate of drug-likeness (QED) is 0.775. The van der Waals surface area contributed by atoms with Crippen molar-refractivity contribution in [1.29, 1.82) is 0 Å². The Hall–Kier alpha value is -2.04. The molecule has 0 saturated heterocycles. The number of hydrogen-bond donors (Lipinski definition) is 3. The fourth-order valence-corrected chi connectivity index (χ4v) is 2.51. The standard InChI is InChI=1S/C14H17NO4/c1-14(13(18)19)8-2-3-11(14)15-12(17)9-4-6-10(16)7-5-9/h4-7,11,16H,2-3,8H2,1H3,(H,15,17)(H,18,19). The van der Waals surface area contributed by atoms with Crippen LogP contribution in [0.1, 0.15) is 36.5 Å². The summed E-state index contributed by atoms with van der Waals surface area (Å²) in [6.07, 6.45) is 2.04. The molecule has 0 spiro atoms. The first-order valence-electron chi connectivity index (χ1n) is 6.27. The molecular weight excluding hydrogens is 246 g/mol. The van der Waals surface area contributed by atoms with Crippen LogP contribution in [0.4, 0.5) is 0 Å². The summed E-state index contributed by atoms with van der Waals surface area (Å²) in [5.74, 6) is -1.09. The van der Waals surface area contributed by atoms with E-state index in [1.807, 2.05) is 0 Å². The summed E-state index contributed by atoms with van der Waals surface area (Å²) in [6, 6.07) is 5.53. The van der Waals surface area contributed by atoms with E-state index in [4.69, 9.17) is 5.11 Å². The molecule has 102 valence electrons. The van der Waals surface area contributed by atoms with E-state index in [1.54, 1.807) is 6.92 Å². The van der Waals surface area contributed by atoms with E-state index in [1.165, 1.54) is 24.3 Å². The number of carboxylic acid groups (broad SMARTS) is 1. The molecule has 2 rings (SSSR count). The van der Waals surface area contributed by atoms with Gasteiger partial charge >= 0.3 is 5.97 Å². The minimum atomic E-state index is -0.896. The van der Waals surface area contributed by atoms with E-state index in [0.29, 0.717) is 18.4 Å². The lowest BCUT2D eigenvalue weighted by Gasteiger charge is -2.27. The molecule has 0 radical (unpaired) electrons. The maximum atomic E-state index is 12.0. The van der Waals surface area contributed by atoms with Crippen LogP contribution in [0.15, 0.2) is 24.3 Å². The first-order chi connectivity index (χ1) is 8.93. The first kappa shape index (κ1) is 13.4. The van der Waals surface area contributed by atoms with Crippen LogP contribution in [0.25, 0.3) is 0 Å². The molecule has 1 aliphatic rings. The topological polar surface area (TPSA) is 86.6 Å². The number of amides is 1. The Bertz CT molecular complexity index is 497. The Morgan fingerprint density at radius 3 is 2.53 bits per heavy atom. The van der Waals surface area contributed by atoms with Crippen LogP contribution in [-0.4, -0.2) is 28.1 Å². The van der Waals surface area contributed by atoms with Crippen molar-refractivity contribution in [2.45, 2.75) is 32.2 Å². The number of nitrogens with one attached hydrogen (secondary N) is 1. The van der Waals surface area contributed by atoms with Gasteiger partial charge in [-0.3, -0.25) is 9.59 Å². The monoisotopic (exact) mass is 263 g/mol. The predicted octanol–water partition coefficient (Wildman–Crippen LogP) is 1.77. The van der Waals surface area contributed by atoms with Crippen molar-refractivity contribution < 1.29 is 19.8 Å². The largest absolute Gasteiger partial charge is 0.508 e. The summed E-state index contributed by atoms with van der Waals surface area (Å²) in [5.41, 5.74) is -0.482. The molecule has 0 aromatic heterocycles. The molecule has 0 aliphatic heterocycles. The van der Waals surface area contributed by atoms with Crippen molar-refractivity contribution >= 4 is 11.9 Å². The van der Waals surface area contributed by atoms with Crippen LogP contribution < -0.4 is 5.32 Å². The van der Waals surface area contributed by atoms with Crippen LogP contribution in [0, 0.1) is 5.41 Å². The Labute approximate surface area is 111 Å². The molecule has 2 unspecified atom stereocenters. The second kappa shape index (κ2) is 4.91. The van der Waals surface area contributed by atoms with E-state index < -0.39 is 11.4 Å². The fraction of sp³-hybridized carbons (Fsp3) is 0.429. The highest BCUT2D eigenvalue weighted by atomic mass is 16.4. The minimum Gasteiger partial charge on any atom is -0.508 e. The number of hydrogen-bond acceptors (Lipinski definition) is 3. The van der Waals surface area contributed by atoms with Gasteiger partial charge in [-0.25, -0.2) is 0 Å². The zero-order valence-corrected chi connectivity index (χ0v) is 10.7. The van der Waals surface area contributed by atoms with Crippen LogP contribution >= 0.6 is 0 Å². The average molecular weight is 263 g/mol. The normalized spacial score (nSPS) is 26.1. The molecule has 5 nitrogen and oxygen atoms in total. The van der Waals surface area contributed by atoms with Gasteiger partial charge in [-0.15, -0.1) is 0 Å². The van der Waals surface area contributed by atoms with Gasteiger partial charge in [0.05, 0.1) is 5.41 Å². The fourth-order valence-electron chi connectivity index (χ4n) is 2.51. The van der Waals surface area contributed by atoms with E-state index in [9.17, 15) is 14.7 Å². The minimum absolute atomic E-state index is 0.0905. The average Bonchev–Trinajstić information content (AvgIpc) is 2.73. The summed E-state index contributed by atoms with van der Waals surface area (Å²) in [5, 5.41) is 21.2. The molecule has 5 heteroatoms. The highest BCUT2D eigenvalue weighted by Crippen LogP contribution is 2.38. The van der Waals surface area contributed by atoms with Gasteiger partial charge in [0, 0.05) is 11.6 Å². The van der Waals surface area contributed by atoms with Gasteiger partial charge in [0.25, 0.3) is 5.91 Å². The van der Waals surface area contributed by atoms with Crippen LogP contribution in [-0.2, 0) is 4.79 Å². The second-order valence-corrected chi connectivity index (χ2v) is 5.19. The zero-order chi connectivity index (χ0) is 14.0. The third kappa shape index (κ3) is 2.54. The molecule has 1 aromatic rings. The first-order valence-corrected chi connectivity index (χ1v) is 6.27. The zero-order valence-electron chi connectivity index (χ0n) is 10.7. The van der Waals surface area contributed by atoms with Gasteiger partial charge in [0.1, 0.15) is 5.75 Å². The smallest absolute Gasteiger partial charge is 0.311 e. The van der Waals surface area contributed by atoms with Crippen LogP contribution in [0.3, 0.4) is 0 Å². The molecule has 1 aromatic carbocycles. The van der Waals surface area contributed by atoms with Gasteiger partial charge in [0.2, 0.25) is 0 Å². The predicted molar refractivity (Wildman–Crippen MR) is 69.0 cm³/mol. The highest BCUT2D eigenvalue weighted by molar-refractivity contribution is 5.95. The van der Waals surface area contributed by atoms with Crippen molar-refractivity contribution in [2.75, 3.05) is 0 Å². The van der Waals surface area contributed by atoms with Crippen molar-refractivity contribution in [3.05, 3.63) is 29.8 Å². The number of carbonyl (C=O) groups is 2. The lowest BCUT2D eigenvalue weighted by molar-refractivity contribution is -0.148. The third-order valence-corrected chi connectivity index (χ3v) is 3.88. The number of carbonyl (C=O) groups excluding carboxylic acids is 1. The summed E-state index contributed by atoms with van der Waals surface area (Å²) >= 11 is 0. The number of benzene rings is 1. The maximum absolute atomic E-state index is 12.0. The molecular formula is C14H17NO4. The third-order valence-electron chi connectivity index (χ3n) is 3.88. The molecule has 1 amide bonds. The SMILES string of the molecule is CC1(C(=O)O)CCCC1NC(=O)c1ccc(O)cc1. The van der Waals surface area contributed by atoms with E-state index in [-0.39, 0.29) is 17.7 Å². The van der Waals surface area contributed by atoms with Gasteiger partial charge in [-0.2, -0.15) is 0 Å². The van der Waals surface area contributed by atoms with Gasteiger partial charge in [-0.05, 0) is 44.0 Å². The summed E-state index contributed by atoms with van der Waals surface area (Å²) in [7, 11) is 0. The van der Waals surface area contributed by atoms with E-state index >= 15 is 0 Å². The van der Waals surface area contributed by atoms with Gasteiger partial charge < -0.3 is 15.5 Å². The van der Waals surface area contributed by atoms with Gasteiger partial charge in [-0.1, -0.05) is 6.42 Å². The van der Waals surface area contributed by atoms with E-state index in [0.717, 1.165) is 6.42 Å². The Balaban J connectivity index is 2.10. The van der Waals surface area contributed by atoms with Crippen molar-refractivity contribution in [3.8, 4) is 5.75 Å². The van der Waals surface area contributed by atoms with E-state index in [2.05, 4.69) is 5.32 Å². The van der Waals surface area contributed by atoms with Crippen LogP contribution in [0.5, 0.6) is 5.75 Å².